The molecule has 0 bridgehead atoms. The van der Waals surface area contributed by atoms with Gasteiger partial charge in [-0.3, -0.25) is 0 Å². The highest BCUT2D eigenvalue weighted by Gasteiger charge is 2.27. The molecule has 1 aliphatic carbocycles. The minimum Gasteiger partial charge on any atom is -0.308 e. The van der Waals surface area contributed by atoms with E-state index >= 15 is 0 Å². The standard InChI is InChI=1S/C12H20N2S/c1-8(2)11-6-14-12(15-11)7-13-9(3)10-4-5-10/h6,8-10,13H,4-5,7H2,1-3H3. The highest BCUT2D eigenvalue weighted by atomic mass is 32.1. The summed E-state index contributed by atoms with van der Waals surface area (Å²) in [5.74, 6) is 1.53. The molecule has 3 heteroatoms. The summed E-state index contributed by atoms with van der Waals surface area (Å²) in [5.41, 5.74) is 0. The van der Waals surface area contributed by atoms with Gasteiger partial charge in [0, 0.05) is 23.7 Å². The maximum Gasteiger partial charge on any atom is 0.107 e. The lowest BCUT2D eigenvalue weighted by Crippen LogP contribution is -2.27. The highest BCUT2D eigenvalue weighted by Crippen LogP contribution is 2.32. The first-order valence-electron chi connectivity index (χ1n) is 5.85. The number of nitrogens with zero attached hydrogens (tertiary/aromatic N) is 1. The van der Waals surface area contributed by atoms with Crippen LogP contribution < -0.4 is 5.32 Å². The van der Waals surface area contributed by atoms with Crippen LogP contribution in [0.25, 0.3) is 0 Å². The molecule has 1 aromatic heterocycles. The van der Waals surface area contributed by atoms with Gasteiger partial charge in [-0.05, 0) is 31.6 Å². The van der Waals surface area contributed by atoms with Crippen molar-refractivity contribution in [2.24, 2.45) is 5.92 Å². The summed E-state index contributed by atoms with van der Waals surface area (Å²) in [7, 11) is 0. The van der Waals surface area contributed by atoms with Crippen LogP contribution in [0.15, 0.2) is 6.20 Å². The Kier molecular flexibility index (Phi) is 3.42. The van der Waals surface area contributed by atoms with Crippen LogP contribution in [-0.4, -0.2) is 11.0 Å². The minimum absolute atomic E-state index is 0.608. The zero-order valence-corrected chi connectivity index (χ0v) is 10.6. The molecule has 0 saturated heterocycles. The Labute approximate surface area is 96.1 Å². The van der Waals surface area contributed by atoms with Gasteiger partial charge in [0.25, 0.3) is 0 Å². The van der Waals surface area contributed by atoms with Crippen molar-refractivity contribution in [2.45, 2.75) is 52.1 Å². The van der Waals surface area contributed by atoms with E-state index in [1.165, 1.54) is 22.7 Å². The summed E-state index contributed by atoms with van der Waals surface area (Å²) in [6.45, 7) is 7.67. The Bertz CT molecular complexity index is 315. The van der Waals surface area contributed by atoms with Crippen molar-refractivity contribution >= 4 is 11.3 Å². The topological polar surface area (TPSA) is 24.9 Å². The average molecular weight is 224 g/mol. The van der Waals surface area contributed by atoms with E-state index in [-0.39, 0.29) is 0 Å². The molecule has 1 unspecified atom stereocenters. The number of thiazole rings is 1. The quantitative estimate of drug-likeness (QED) is 0.831. The van der Waals surface area contributed by atoms with Gasteiger partial charge in [-0.25, -0.2) is 4.98 Å². The van der Waals surface area contributed by atoms with Crippen LogP contribution in [0.3, 0.4) is 0 Å². The van der Waals surface area contributed by atoms with Crippen molar-refractivity contribution in [2.75, 3.05) is 0 Å². The zero-order chi connectivity index (χ0) is 10.8. The zero-order valence-electron chi connectivity index (χ0n) is 9.79. The molecule has 1 N–H and O–H groups in total. The van der Waals surface area contributed by atoms with Gasteiger partial charge in [0.1, 0.15) is 5.01 Å². The maximum atomic E-state index is 4.45. The Morgan fingerprint density at radius 1 is 1.47 bits per heavy atom. The second-order valence-electron chi connectivity index (χ2n) is 4.82. The molecular weight excluding hydrogens is 204 g/mol. The van der Waals surface area contributed by atoms with Gasteiger partial charge < -0.3 is 5.32 Å². The molecule has 0 radical (unpaired) electrons. The van der Waals surface area contributed by atoms with E-state index in [4.69, 9.17) is 0 Å². The molecule has 15 heavy (non-hydrogen) atoms. The van der Waals surface area contributed by atoms with Crippen LogP contribution in [-0.2, 0) is 6.54 Å². The molecular formula is C12H20N2S. The summed E-state index contributed by atoms with van der Waals surface area (Å²) in [4.78, 5) is 5.84. The molecule has 1 saturated carbocycles. The van der Waals surface area contributed by atoms with Gasteiger partial charge in [-0.1, -0.05) is 13.8 Å². The number of hydrogen-bond acceptors (Lipinski definition) is 3. The molecule has 1 fully saturated rings. The molecule has 0 amide bonds. The third-order valence-corrected chi connectivity index (χ3v) is 4.34. The first-order valence-corrected chi connectivity index (χ1v) is 6.66. The van der Waals surface area contributed by atoms with Crippen LogP contribution in [0.1, 0.15) is 49.4 Å². The fourth-order valence-electron chi connectivity index (χ4n) is 1.68. The molecule has 0 aliphatic heterocycles. The normalized spacial score (nSPS) is 18.4. The first-order chi connectivity index (χ1) is 7.16. The predicted octanol–water partition coefficient (Wildman–Crippen LogP) is 3.15. The molecule has 2 rings (SSSR count). The van der Waals surface area contributed by atoms with Gasteiger partial charge in [-0.2, -0.15) is 0 Å². The lowest BCUT2D eigenvalue weighted by molar-refractivity contribution is 0.495. The van der Waals surface area contributed by atoms with Crippen molar-refractivity contribution in [1.29, 1.82) is 0 Å². The van der Waals surface area contributed by atoms with Crippen molar-refractivity contribution < 1.29 is 0 Å². The number of hydrogen-bond donors (Lipinski definition) is 1. The van der Waals surface area contributed by atoms with Gasteiger partial charge in [0.15, 0.2) is 0 Å². The third kappa shape index (κ3) is 3.02. The lowest BCUT2D eigenvalue weighted by atomic mass is 10.2. The number of rotatable bonds is 5. The van der Waals surface area contributed by atoms with Crippen LogP contribution in [0.4, 0.5) is 0 Å². The first kappa shape index (κ1) is 11.1. The number of nitrogens with one attached hydrogen (secondary N) is 1. The van der Waals surface area contributed by atoms with E-state index in [1.807, 2.05) is 17.5 Å². The van der Waals surface area contributed by atoms with Crippen LogP contribution >= 0.6 is 11.3 Å². The summed E-state index contributed by atoms with van der Waals surface area (Å²) in [5, 5.41) is 4.79. The van der Waals surface area contributed by atoms with Gasteiger partial charge in [0.2, 0.25) is 0 Å². The smallest absolute Gasteiger partial charge is 0.107 e. The Balaban J connectivity index is 1.82. The van der Waals surface area contributed by atoms with Crippen LogP contribution in [0.2, 0.25) is 0 Å². The fraction of sp³-hybridized carbons (Fsp3) is 0.750. The summed E-state index contributed by atoms with van der Waals surface area (Å²) < 4.78 is 0. The lowest BCUT2D eigenvalue weighted by Gasteiger charge is -2.10. The van der Waals surface area contributed by atoms with E-state index < -0.39 is 0 Å². The molecule has 1 aromatic rings. The molecule has 1 aliphatic rings. The summed E-state index contributed by atoms with van der Waals surface area (Å²) >= 11 is 1.84. The van der Waals surface area contributed by atoms with Gasteiger partial charge in [0.05, 0.1) is 0 Å². The maximum absolute atomic E-state index is 4.45. The third-order valence-electron chi connectivity index (χ3n) is 3.04. The SMILES string of the molecule is CC(C)c1cnc(CNC(C)C2CC2)s1. The Morgan fingerprint density at radius 3 is 2.73 bits per heavy atom. The van der Waals surface area contributed by atoms with Crippen molar-refractivity contribution in [3.8, 4) is 0 Å². The largest absolute Gasteiger partial charge is 0.308 e. The Morgan fingerprint density at radius 2 is 2.20 bits per heavy atom. The van der Waals surface area contributed by atoms with Gasteiger partial charge >= 0.3 is 0 Å². The molecule has 0 aromatic carbocycles. The van der Waals surface area contributed by atoms with Gasteiger partial charge in [-0.15, -0.1) is 11.3 Å². The van der Waals surface area contributed by atoms with E-state index in [9.17, 15) is 0 Å². The average Bonchev–Trinajstić information content (AvgIpc) is 2.93. The summed E-state index contributed by atoms with van der Waals surface area (Å²) in [6, 6.07) is 0.663. The van der Waals surface area contributed by atoms with Crippen LogP contribution in [0.5, 0.6) is 0 Å². The van der Waals surface area contributed by atoms with Crippen molar-refractivity contribution in [1.82, 2.24) is 10.3 Å². The second-order valence-corrected chi connectivity index (χ2v) is 5.96. The van der Waals surface area contributed by atoms with Crippen molar-refractivity contribution in [3.05, 3.63) is 16.1 Å². The summed E-state index contributed by atoms with van der Waals surface area (Å²) in [6.07, 6.45) is 4.83. The second kappa shape index (κ2) is 4.62. The van der Waals surface area contributed by atoms with E-state index in [2.05, 4.69) is 31.1 Å². The van der Waals surface area contributed by atoms with Crippen LogP contribution in [0, 0.1) is 5.92 Å². The molecule has 0 spiro atoms. The predicted molar refractivity (Wildman–Crippen MR) is 65.2 cm³/mol. The molecule has 2 nitrogen and oxygen atoms in total. The van der Waals surface area contributed by atoms with E-state index in [0.717, 1.165) is 12.5 Å². The van der Waals surface area contributed by atoms with Crippen molar-refractivity contribution in [3.63, 3.8) is 0 Å². The monoisotopic (exact) mass is 224 g/mol. The van der Waals surface area contributed by atoms with E-state index in [1.54, 1.807) is 0 Å². The Hall–Kier alpha value is -0.410. The molecule has 84 valence electrons. The van der Waals surface area contributed by atoms with E-state index in [0.29, 0.717) is 12.0 Å². The molecule has 1 atom stereocenters. The minimum atomic E-state index is 0.608. The number of aromatic nitrogens is 1. The fourth-order valence-corrected chi connectivity index (χ4v) is 2.56. The molecule has 1 heterocycles. The highest BCUT2D eigenvalue weighted by molar-refractivity contribution is 7.11.